The fourth-order valence-electron chi connectivity index (χ4n) is 2.09. The Hall–Kier alpha value is -1.88. The van der Waals surface area contributed by atoms with Crippen LogP contribution in [-0.2, 0) is 0 Å². The van der Waals surface area contributed by atoms with Crippen molar-refractivity contribution < 1.29 is 14.6 Å². The third-order valence-electron chi connectivity index (χ3n) is 3.01. The summed E-state index contributed by atoms with van der Waals surface area (Å²) in [5.41, 5.74) is 0.296. The number of carbonyl (C=O) groups excluding carboxylic acids is 1. The Morgan fingerprint density at radius 1 is 1.58 bits per heavy atom. The maximum absolute atomic E-state index is 12.1. The molecule has 5 nitrogen and oxygen atoms in total. The summed E-state index contributed by atoms with van der Waals surface area (Å²) in [4.78, 5) is 16.2. The molecule has 2 atom stereocenters. The lowest BCUT2D eigenvalue weighted by atomic mass is 10.1. The van der Waals surface area contributed by atoms with E-state index in [-0.39, 0.29) is 24.5 Å². The van der Waals surface area contributed by atoms with E-state index in [1.54, 1.807) is 18.3 Å². The second-order valence-corrected chi connectivity index (χ2v) is 4.43. The summed E-state index contributed by atoms with van der Waals surface area (Å²) < 4.78 is 5.38. The van der Waals surface area contributed by atoms with Crippen LogP contribution >= 0.6 is 0 Å². The van der Waals surface area contributed by atoms with E-state index in [2.05, 4.69) is 10.3 Å². The lowest BCUT2D eigenvalue weighted by molar-refractivity contribution is 0.0932. The molecule has 19 heavy (non-hydrogen) atoms. The number of amides is 1. The highest BCUT2D eigenvalue weighted by Crippen LogP contribution is 2.19. The summed E-state index contributed by atoms with van der Waals surface area (Å²) in [5.74, 6) is 0.362. The molecule has 0 aliphatic heterocycles. The third kappa shape index (κ3) is 3.32. The Balaban J connectivity index is 2.02. The standard InChI is InChI=1S/C14H18N2O3/c1-2-19-12-4-3-7-15-13(12)14(18)16-11-6-5-10(8-11)9-17/h3-7,10-11,17H,2,8-9H2,1H3,(H,16,18)/t10-,11+/m0/s1. The number of aliphatic hydroxyl groups excluding tert-OH is 1. The summed E-state index contributed by atoms with van der Waals surface area (Å²) in [6.45, 7) is 2.46. The molecule has 2 rings (SSSR count). The van der Waals surface area contributed by atoms with E-state index >= 15 is 0 Å². The van der Waals surface area contributed by atoms with Gasteiger partial charge in [-0.25, -0.2) is 4.98 Å². The Labute approximate surface area is 112 Å². The number of hydrogen-bond donors (Lipinski definition) is 2. The van der Waals surface area contributed by atoms with Crippen molar-refractivity contribution >= 4 is 5.91 Å². The first kappa shape index (κ1) is 13.5. The first-order valence-electron chi connectivity index (χ1n) is 6.42. The molecule has 1 amide bonds. The molecule has 0 saturated carbocycles. The van der Waals surface area contributed by atoms with Crippen molar-refractivity contribution in [2.75, 3.05) is 13.2 Å². The van der Waals surface area contributed by atoms with Crippen LogP contribution in [-0.4, -0.2) is 35.3 Å². The second kappa shape index (κ2) is 6.33. The monoisotopic (exact) mass is 262 g/mol. The van der Waals surface area contributed by atoms with Gasteiger partial charge in [0.05, 0.1) is 6.61 Å². The zero-order valence-corrected chi connectivity index (χ0v) is 10.9. The molecule has 5 heteroatoms. The molecule has 0 radical (unpaired) electrons. The van der Waals surface area contributed by atoms with Gasteiger partial charge >= 0.3 is 0 Å². The van der Waals surface area contributed by atoms with E-state index in [1.165, 1.54) is 0 Å². The van der Waals surface area contributed by atoms with Crippen LogP contribution in [0.3, 0.4) is 0 Å². The van der Waals surface area contributed by atoms with Crippen LogP contribution in [0.2, 0.25) is 0 Å². The normalized spacial score (nSPS) is 21.4. The van der Waals surface area contributed by atoms with Crippen LogP contribution in [0.4, 0.5) is 0 Å². The molecule has 0 saturated heterocycles. The number of nitrogens with zero attached hydrogens (tertiary/aromatic N) is 1. The van der Waals surface area contributed by atoms with Gasteiger partial charge in [-0.3, -0.25) is 4.79 Å². The second-order valence-electron chi connectivity index (χ2n) is 4.43. The van der Waals surface area contributed by atoms with Gasteiger partial charge in [0.25, 0.3) is 5.91 Å². The van der Waals surface area contributed by atoms with Crippen molar-refractivity contribution in [2.45, 2.75) is 19.4 Å². The largest absolute Gasteiger partial charge is 0.491 e. The number of rotatable bonds is 5. The summed E-state index contributed by atoms with van der Waals surface area (Å²) in [5, 5.41) is 11.9. The van der Waals surface area contributed by atoms with Gasteiger partial charge in [0.2, 0.25) is 0 Å². The molecule has 1 aliphatic carbocycles. The zero-order chi connectivity index (χ0) is 13.7. The molecule has 0 bridgehead atoms. The number of aliphatic hydroxyl groups is 1. The van der Waals surface area contributed by atoms with Gasteiger partial charge in [-0.15, -0.1) is 0 Å². The molecular formula is C14H18N2O3. The van der Waals surface area contributed by atoms with Gasteiger partial charge in [0, 0.05) is 24.8 Å². The van der Waals surface area contributed by atoms with Gasteiger partial charge in [0.1, 0.15) is 0 Å². The number of ether oxygens (including phenoxy) is 1. The van der Waals surface area contributed by atoms with Crippen molar-refractivity contribution in [1.29, 1.82) is 0 Å². The van der Waals surface area contributed by atoms with Crippen LogP contribution in [0.25, 0.3) is 0 Å². The van der Waals surface area contributed by atoms with E-state index in [4.69, 9.17) is 9.84 Å². The van der Waals surface area contributed by atoms with Crippen LogP contribution in [0.1, 0.15) is 23.8 Å². The number of hydrogen-bond acceptors (Lipinski definition) is 4. The highest BCUT2D eigenvalue weighted by molar-refractivity contribution is 5.95. The van der Waals surface area contributed by atoms with Crippen molar-refractivity contribution in [3.8, 4) is 5.75 Å². The highest BCUT2D eigenvalue weighted by Gasteiger charge is 2.22. The van der Waals surface area contributed by atoms with Gasteiger partial charge in [0.15, 0.2) is 11.4 Å². The Kier molecular flexibility index (Phi) is 4.52. The summed E-state index contributed by atoms with van der Waals surface area (Å²) in [6.07, 6.45) is 6.12. The smallest absolute Gasteiger partial charge is 0.274 e. The van der Waals surface area contributed by atoms with Crippen LogP contribution in [0, 0.1) is 5.92 Å². The van der Waals surface area contributed by atoms with Crippen LogP contribution in [0.5, 0.6) is 5.75 Å². The maximum atomic E-state index is 12.1. The molecule has 0 unspecified atom stereocenters. The predicted octanol–water partition coefficient (Wildman–Crippen LogP) is 1.15. The molecule has 102 valence electrons. The molecule has 1 aromatic heterocycles. The van der Waals surface area contributed by atoms with Crippen molar-refractivity contribution in [1.82, 2.24) is 10.3 Å². The molecule has 1 heterocycles. The third-order valence-corrected chi connectivity index (χ3v) is 3.01. The summed E-state index contributed by atoms with van der Waals surface area (Å²) >= 11 is 0. The van der Waals surface area contributed by atoms with Gasteiger partial charge in [-0.1, -0.05) is 12.2 Å². The van der Waals surface area contributed by atoms with E-state index in [9.17, 15) is 4.79 Å². The van der Waals surface area contributed by atoms with E-state index in [1.807, 2.05) is 19.1 Å². The average molecular weight is 262 g/mol. The number of aromatic nitrogens is 1. The molecule has 2 N–H and O–H groups in total. The van der Waals surface area contributed by atoms with Crippen LogP contribution < -0.4 is 10.1 Å². The fraction of sp³-hybridized carbons (Fsp3) is 0.429. The van der Waals surface area contributed by atoms with E-state index in [0.717, 1.165) is 6.42 Å². The zero-order valence-electron chi connectivity index (χ0n) is 10.9. The fourth-order valence-corrected chi connectivity index (χ4v) is 2.09. The van der Waals surface area contributed by atoms with E-state index in [0.29, 0.717) is 18.1 Å². The quantitative estimate of drug-likeness (QED) is 0.781. The van der Waals surface area contributed by atoms with Crippen LogP contribution in [0.15, 0.2) is 30.5 Å². The highest BCUT2D eigenvalue weighted by atomic mass is 16.5. The lowest BCUT2D eigenvalue weighted by Crippen LogP contribution is -2.33. The Morgan fingerprint density at radius 2 is 2.42 bits per heavy atom. The minimum Gasteiger partial charge on any atom is -0.491 e. The average Bonchev–Trinajstić information content (AvgIpc) is 2.87. The van der Waals surface area contributed by atoms with Gasteiger partial charge < -0.3 is 15.2 Å². The minimum absolute atomic E-state index is 0.0545. The molecule has 0 fully saturated rings. The topological polar surface area (TPSA) is 71.5 Å². The number of nitrogens with one attached hydrogen (secondary N) is 1. The molecule has 1 aromatic rings. The summed E-state index contributed by atoms with van der Waals surface area (Å²) in [7, 11) is 0. The van der Waals surface area contributed by atoms with Gasteiger partial charge in [-0.05, 0) is 25.5 Å². The minimum atomic E-state index is -0.253. The van der Waals surface area contributed by atoms with Gasteiger partial charge in [-0.2, -0.15) is 0 Å². The first-order valence-corrected chi connectivity index (χ1v) is 6.42. The number of carbonyl (C=O) groups is 1. The molecule has 0 spiro atoms. The number of pyridine rings is 1. The lowest BCUT2D eigenvalue weighted by Gasteiger charge is -2.14. The van der Waals surface area contributed by atoms with Crippen molar-refractivity contribution in [3.05, 3.63) is 36.2 Å². The predicted molar refractivity (Wildman–Crippen MR) is 71.0 cm³/mol. The molecule has 1 aliphatic rings. The van der Waals surface area contributed by atoms with E-state index < -0.39 is 0 Å². The first-order chi connectivity index (χ1) is 9.24. The Morgan fingerprint density at radius 3 is 3.11 bits per heavy atom. The molecular weight excluding hydrogens is 244 g/mol. The van der Waals surface area contributed by atoms with Crippen molar-refractivity contribution in [3.63, 3.8) is 0 Å². The molecule has 0 aromatic carbocycles. The maximum Gasteiger partial charge on any atom is 0.274 e. The Bertz CT molecular complexity index is 474. The SMILES string of the molecule is CCOc1cccnc1C(=O)N[C@@H]1C=C[C@H](CO)C1. The van der Waals surface area contributed by atoms with Crippen molar-refractivity contribution in [2.24, 2.45) is 5.92 Å². The summed E-state index contributed by atoms with van der Waals surface area (Å²) in [6, 6.07) is 3.41.